The Labute approximate surface area is 361 Å². The molecule has 2 N–H and O–H groups in total. The first-order chi connectivity index (χ1) is 27.5. The summed E-state index contributed by atoms with van der Waals surface area (Å²) in [5.41, 5.74) is 4.81. The van der Waals surface area contributed by atoms with E-state index >= 15 is 0 Å². The highest BCUT2D eigenvalue weighted by Gasteiger charge is 2.36. The molecule has 0 radical (unpaired) electrons. The van der Waals surface area contributed by atoms with Gasteiger partial charge in [-0.1, -0.05) is 37.3 Å². The zero-order valence-electron chi connectivity index (χ0n) is 31.4. The van der Waals surface area contributed by atoms with Crippen molar-refractivity contribution >= 4 is 96.9 Å². The lowest BCUT2D eigenvalue weighted by Gasteiger charge is -2.34. The normalized spacial score (nSPS) is 16.9. The molecule has 300 valence electrons. The quantitative estimate of drug-likeness (QED) is 0.119. The van der Waals surface area contributed by atoms with Crippen LogP contribution in [0.4, 0.5) is 17.1 Å². The van der Waals surface area contributed by atoms with Gasteiger partial charge in [-0.3, -0.25) is 14.4 Å². The monoisotopic (exact) mass is 1020 g/mol. The van der Waals surface area contributed by atoms with Crippen LogP contribution in [0.25, 0.3) is 0 Å². The number of halogens is 2. The van der Waals surface area contributed by atoms with Crippen LogP contribution in [0.15, 0.2) is 95.9 Å². The molecule has 4 aromatic carbocycles. The maximum absolute atomic E-state index is 13.9. The second-order valence-electron chi connectivity index (χ2n) is 14.2. The van der Waals surface area contributed by atoms with Crippen LogP contribution in [0, 0.1) is 5.92 Å². The van der Waals surface area contributed by atoms with Crippen LogP contribution in [-0.4, -0.2) is 62.2 Å². The Hall–Kier alpha value is -4.07. The van der Waals surface area contributed by atoms with Gasteiger partial charge < -0.3 is 21.7 Å². The Morgan fingerprint density at radius 2 is 1.40 bits per heavy atom. The molecule has 2 aliphatic rings. The SMILES string of the molecule is CCN(C1CCC(C(=O)OI)CC1)S(=O)(=O)c1cccc(C(=O)Nc2ccc(N3CCCC3)cc2C(=O)Nc2ccc(CCc3ccc(C(=O)OI)cc3)cc2)c1. The number of nitrogens with one attached hydrogen (secondary N) is 2. The van der Waals surface area contributed by atoms with Crippen molar-refractivity contribution < 1.29 is 33.7 Å². The maximum Gasteiger partial charge on any atom is 0.347 e. The number of amides is 2. The molecule has 12 nitrogen and oxygen atoms in total. The van der Waals surface area contributed by atoms with Gasteiger partial charge in [-0.15, -0.1) is 0 Å². The van der Waals surface area contributed by atoms with E-state index in [1.54, 1.807) is 83.3 Å². The van der Waals surface area contributed by atoms with Crippen LogP contribution in [0.3, 0.4) is 0 Å². The number of hydrogen-bond acceptors (Lipinski definition) is 9. The van der Waals surface area contributed by atoms with Crippen molar-refractivity contribution in [3.63, 3.8) is 0 Å². The highest BCUT2D eigenvalue weighted by Crippen LogP contribution is 2.33. The number of carbonyl (C=O) groups is 4. The third-order valence-electron chi connectivity index (χ3n) is 10.7. The van der Waals surface area contributed by atoms with Crippen molar-refractivity contribution in [1.29, 1.82) is 0 Å². The minimum Gasteiger partial charge on any atom is -0.394 e. The summed E-state index contributed by atoms with van der Waals surface area (Å²) < 4.78 is 38.9. The first-order valence-electron chi connectivity index (χ1n) is 19.0. The summed E-state index contributed by atoms with van der Waals surface area (Å²) in [6.07, 6.45) is 5.76. The summed E-state index contributed by atoms with van der Waals surface area (Å²) in [6.45, 7) is 3.75. The second kappa shape index (κ2) is 19.6. The third kappa shape index (κ3) is 10.5. The third-order valence-corrected chi connectivity index (χ3v) is 13.5. The predicted molar refractivity (Wildman–Crippen MR) is 235 cm³/mol. The fourth-order valence-electron chi connectivity index (χ4n) is 7.51. The molecule has 0 aromatic heterocycles. The number of aryl methyl sites for hydroxylation is 2. The molecule has 1 aliphatic heterocycles. The average Bonchev–Trinajstić information content (AvgIpc) is 3.79. The van der Waals surface area contributed by atoms with E-state index in [2.05, 4.69) is 15.5 Å². The van der Waals surface area contributed by atoms with Gasteiger partial charge in [-0.25, -0.2) is 13.2 Å². The van der Waals surface area contributed by atoms with Gasteiger partial charge in [-0.05, 0) is 123 Å². The Bertz CT molecular complexity index is 2190. The Kier molecular flexibility index (Phi) is 14.6. The molecule has 1 aliphatic carbocycles. The zero-order valence-corrected chi connectivity index (χ0v) is 36.5. The molecule has 0 spiro atoms. The molecule has 57 heavy (non-hydrogen) atoms. The topological polar surface area (TPSA) is 151 Å². The number of carbonyl (C=O) groups excluding carboxylic acids is 4. The van der Waals surface area contributed by atoms with Crippen molar-refractivity contribution in [3.8, 4) is 0 Å². The fourth-order valence-corrected chi connectivity index (χ4v) is 9.86. The maximum atomic E-state index is 13.9. The van der Waals surface area contributed by atoms with Crippen LogP contribution in [0.2, 0.25) is 0 Å². The van der Waals surface area contributed by atoms with Gasteiger partial charge in [-0.2, -0.15) is 4.31 Å². The minimum absolute atomic E-state index is 0.00667. The fraction of sp³-hybridized carbons (Fsp3) is 0.333. The minimum atomic E-state index is -3.97. The van der Waals surface area contributed by atoms with Gasteiger partial charge >= 0.3 is 11.9 Å². The second-order valence-corrected chi connectivity index (χ2v) is 17.0. The summed E-state index contributed by atoms with van der Waals surface area (Å²) >= 11 is 3.16. The highest BCUT2D eigenvalue weighted by molar-refractivity contribution is 14.1. The van der Waals surface area contributed by atoms with E-state index in [9.17, 15) is 27.6 Å². The van der Waals surface area contributed by atoms with Crippen molar-refractivity contribution in [3.05, 3.63) is 119 Å². The first kappa shape index (κ1) is 42.5. The van der Waals surface area contributed by atoms with Gasteiger partial charge in [0.15, 0.2) is 46.0 Å². The van der Waals surface area contributed by atoms with E-state index in [-0.39, 0.29) is 46.5 Å². The molecule has 4 aromatic rings. The predicted octanol–water partition coefficient (Wildman–Crippen LogP) is 8.55. The average molecular weight is 1020 g/mol. The van der Waals surface area contributed by atoms with Crippen LogP contribution in [0.5, 0.6) is 0 Å². The summed E-state index contributed by atoms with van der Waals surface area (Å²) in [6, 6.07) is 25.9. The molecular formula is C42H44I2N4O8S. The number of anilines is 3. The number of sulfonamides is 1. The van der Waals surface area contributed by atoms with E-state index in [4.69, 9.17) is 6.13 Å². The lowest BCUT2D eigenvalue weighted by Crippen LogP contribution is -2.42. The molecule has 2 fully saturated rings. The van der Waals surface area contributed by atoms with Gasteiger partial charge in [0.1, 0.15) is 0 Å². The number of hydrogen-bond donors (Lipinski definition) is 2. The van der Waals surface area contributed by atoms with Gasteiger partial charge in [0, 0.05) is 42.6 Å². The summed E-state index contributed by atoms with van der Waals surface area (Å²) in [4.78, 5) is 53.7. The molecule has 0 atom stereocenters. The van der Waals surface area contributed by atoms with Crippen molar-refractivity contribution in [2.24, 2.45) is 5.92 Å². The van der Waals surface area contributed by atoms with Crippen LogP contribution < -0.4 is 15.5 Å². The zero-order chi connectivity index (χ0) is 40.5. The van der Waals surface area contributed by atoms with E-state index in [1.807, 2.05) is 42.5 Å². The van der Waals surface area contributed by atoms with E-state index in [0.717, 1.165) is 55.6 Å². The summed E-state index contributed by atoms with van der Waals surface area (Å²) in [7, 11) is -3.97. The molecule has 1 saturated heterocycles. The molecule has 6 rings (SSSR count). The first-order valence-corrected chi connectivity index (χ1v) is 22.2. The van der Waals surface area contributed by atoms with Crippen molar-refractivity contribution in [2.45, 2.75) is 69.2 Å². The number of nitrogens with zero attached hydrogens (tertiary/aromatic N) is 2. The van der Waals surface area contributed by atoms with Crippen molar-refractivity contribution in [1.82, 2.24) is 4.31 Å². The molecular weight excluding hydrogens is 974 g/mol. The largest absolute Gasteiger partial charge is 0.394 e. The standard InChI is InChI=1S/C42H44I2N4O8S/c1-2-48(34-20-16-31(17-21-34)42(52)56-44)57(53,54)36-7-5-6-32(26-36)39(49)46-38-23-22-35(47-24-3-4-25-47)27-37(38)40(50)45-33-18-12-29(13-19-33)9-8-28-10-14-30(15-11-28)41(51)55-43/h5-7,10-15,18-19,22-23,26-27,31,34H,2-4,8-9,16-17,20-21,24-25H2,1H3,(H,45,50)(H,46,49). The van der Waals surface area contributed by atoms with Crippen LogP contribution in [-0.2, 0) is 33.8 Å². The Morgan fingerprint density at radius 3 is 2.02 bits per heavy atom. The Balaban J connectivity index is 1.15. The number of benzene rings is 4. The van der Waals surface area contributed by atoms with E-state index in [0.29, 0.717) is 42.6 Å². The smallest absolute Gasteiger partial charge is 0.347 e. The van der Waals surface area contributed by atoms with Gasteiger partial charge in [0.2, 0.25) is 10.0 Å². The molecule has 2 amide bonds. The summed E-state index contributed by atoms with van der Waals surface area (Å²) in [5.74, 6) is -1.87. The molecule has 1 heterocycles. The summed E-state index contributed by atoms with van der Waals surface area (Å²) in [5, 5.41) is 5.85. The van der Waals surface area contributed by atoms with Crippen molar-refractivity contribution in [2.75, 3.05) is 35.2 Å². The molecule has 1 saturated carbocycles. The highest BCUT2D eigenvalue weighted by atomic mass is 127. The number of rotatable bonds is 14. The van der Waals surface area contributed by atoms with E-state index in [1.165, 1.54) is 22.5 Å². The van der Waals surface area contributed by atoms with Gasteiger partial charge in [0.25, 0.3) is 11.8 Å². The molecule has 15 heteroatoms. The van der Waals surface area contributed by atoms with Crippen LogP contribution >= 0.6 is 46.0 Å². The lowest BCUT2D eigenvalue weighted by atomic mass is 9.86. The van der Waals surface area contributed by atoms with Crippen LogP contribution in [0.1, 0.15) is 87.6 Å². The molecule has 0 unspecified atom stereocenters. The Morgan fingerprint density at radius 1 is 0.754 bits per heavy atom. The molecule has 0 bridgehead atoms. The van der Waals surface area contributed by atoms with E-state index < -0.39 is 21.8 Å². The van der Waals surface area contributed by atoms with Gasteiger partial charge in [0.05, 0.1) is 27.6 Å². The lowest BCUT2D eigenvalue weighted by molar-refractivity contribution is -0.137.